The van der Waals surface area contributed by atoms with Gasteiger partial charge in [0.2, 0.25) is 0 Å². The number of amides is 1. The predicted octanol–water partition coefficient (Wildman–Crippen LogP) is 5.39. The number of amidine groups is 1. The van der Waals surface area contributed by atoms with Crippen molar-refractivity contribution in [1.29, 1.82) is 0 Å². The van der Waals surface area contributed by atoms with Gasteiger partial charge in [-0.2, -0.15) is 13.2 Å². The highest BCUT2D eigenvalue weighted by molar-refractivity contribution is 8.18. The van der Waals surface area contributed by atoms with E-state index in [1.807, 2.05) is 0 Å². The minimum absolute atomic E-state index is 0.00882. The third-order valence-electron chi connectivity index (χ3n) is 3.28. The Morgan fingerprint density at radius 2 is 1.92 bits per heavy atom. The van der Waals surface area contributed by atoms with E-state index in [1.165, 1.54) is 30.3 Å². The molecule has 3 rings (SSSR count). The number of hydrogen-bond acceptors (Lipinski definition) is 3. The van der Waals surface area contributed by atoms with Gasteiger partial charge in [0.1, 0.15) is 5.82 Å². The van der Waals surface area contributed by atoms with Crippen LogP contribution in [0, 0.1) is 5.82 Å². The second kappa shape index (κ2) is 7.13. The summed E-state index contributed by atoms with van der Waals surface area (Å²) in [6.07, 6.45) is -3.21. The number of hydrogen-bond donors (Lipinski definition) is 1. The molecule has 1 heterocycles. The maximum absolute atomic E-state index is 13.2. The molecule has 0 radical (unpaired) electrons. The van der Waals surface area contributed by atoms with Gasteiger partial charge in [-0.25, -0.2) is 9.38 Å². The summed E-state index contributed by atoms with van der Waals surface area (Å²) in [6.45, 7) is 0. The molecule has 0 bridgehead atoms. The van der Waals surface area contributed by atoms with Gasteiger partial charge in [0.25, 0.3) is 5.91 Å². The van der Waals surface area contributed by atoms with Crippen molar-refractivity contribution in [3.63, 3.8) is 0 Å². The summed E-state index contributed by atoms with van der Waals surface area (Å²) in [6, 6.07) is 8.75. The van der Waals surface area contributed by atoms with Crippen LogP contribution in [0.15, 0.2) is 52.4 Å². The predicted molar refractivity (Wildman–Crippen MR) is 93.7 cm³/mol. The lowest BCUT2D eigenvalue weighted by Gasteiger charge is -2.10. The van der Waals surface area contributed by atoms with E-state index in [0.717, 1.165) is 23.9 Å². The molecule has 1 fully saturated rings. The van der Waals surface area contributed by atoms with E-state index in [0.29, 0.717) is 5.56 Å². The first-order valence-electron chi connectivity index (χ1n) is 7.14. The van der Waals surface area contributed by atoms with E-state index in [1.54, 1.807) is 6.07 Å². The van der Waals surface area contributed by atoms with Gasteiger partial charge < -0.3 is 5.32 Å². The Morgan fingerprint density at radius 3 is 2.62 bits per heavy atom. The van der Waals surface area contributed by atoms with Crippen molar-refractivity contribution >= 4 is 46.2 Å². The quantitative estimate of drug-likeness (QED) is 0.542. The molecular weight excluding hydrogens is 392 g/mol. The maximum atomic E-state index is 13.2. The monoisotopic (exact) mass is 400 g/mol. The Morgan fingerprint density at radius 1 is 1.15 bits per heavy atom. The summed E-state index contributed by atoms with van der Waals surface area (Å²) in [5.41, 5.74) is -0.919. The number of carbonyl (C=O) groups excluding carboxylic acids is 1. The highest BCUT2D eigenvalue weighted by Gasteiger charge is 2.34. The number of halogens is 5. The number of thioether (sulfide) groups is 1. The first-order chi connectivity index (χ1) is 12.2. The molecule has 1 aliphatic heterocycles. The van der Waals surface area contributed by atoms with Gasteiger partial charge in [-0.3, -0.25) is 4.79 Å². The molecule has 0 atom stereocenters. The molecule has 1 amide bonds. The number of nitrogens with zero attached hydrogens (tertiary/aromatic N) is 1. The molecule has 1 aliphatic rings. The van der Waals surface area contributed by atoms with Crippen molar-refractivity contribution < 1.29 is 22.4 Å². The number of benzene rings is 2. The highest BCUT2D eigenvalue weighted by Crippen LogP contribution is 2.39. The van der Waals surface area contributed by atoms with Gasteiger partial charge in [-0.1, -0.05) is 23.7 Å². The Bertz CT molecular complexity index is 941. The molecule has 2 aromatic rings. The summed E-state index contributed by atoms with van der Waals surface area (Å²) in [5, 5.41) is 2.31. The normalized spacial score (nSPS) is 17.8. The molecule has 2 aromatic carbocycles. The average Bonchev–Trinajstić information content (AvgIpc) is 2.87. The van der Waals surface area contributed by atoms with Crippen LogP contribution < -0.4 is 5.32 Å². The fourth-order valence-corrected chi connectivity index (χ4v) is 3.18. The first kappa shape index (κ1) is 18.5. The Hall–Kier alpha value is -2.32. The highest BCUT2D eigenvalue weighted by atomic mass is 35.5. The zero-order valence-electron chi connectivity index (χ0n) is 12.8. The number of alkyl halides is 3. The second-order valence-electron chi connectivity index (χ2n) is 5.20. The van der Waals surface area contributed by atoms with Gasteiger partial charge in [-0.05, 0) is 53.7 Å². The van der Waals surface area contributed by atoms with Crippen molar-refractivity contribution in [1.82, 2.24) is 5.32 Å². The molecule has 3 nitrogen and oxygen atoms in total. The van der Waals surface area contributed by atoms with Crippen LogP contribution >= 0.6 is 23.4 Å². The van der Waals surface area contributed by atoms with Crippen LogP contribution in [0.5, 0.6) is 0 Å². The number of rotatable bonds is 2. The summed E-state index contributed by atoms with van der Waals surface area (Å²) in [7, 11) is 0. The van der Waals surface area contributed by atoms with Gasteiger partial charge in [0, 0.05) is 5.02 Å². The number of carbonyl (C=O) groups is 1. The molecule has 1 N–H and O–H groups in total. The molecule has 134 valence electrons. The standard InChI is InChI=1S/C17H9ClF4N2OS/c18-10-4-5-13(12(8-10)17(20,21)22)23-16-24-15(25)14(26-16)7-9-2-1-3-11(19)6-9/h1-8H,(H,23,24,25)/b14-7+. The van der Waals surface area contributed by atoms with Gasteiger partial charge in [0.15, 0.2) is 5.17 Å². The van der Waals surface area contributed by atoms with E-state index >= 15 is 0 Å². The van der Waals surface area contributed by atoms with E-state index < -0.39 is 23.5 Å². The van der Waals surface area contributed by atoms with Crippen LogP contribution in [0.4, 0.5) is 23.2 Å². The summed E-state index contributed by atoms with van der Waals surface area (Å²) < 4.78 is 52.5. The molecule has 0 saturated carbocycles. The minimum atomic E-state index is -4.64. The molecule has 0 aliphatic carbocycles. The zero-order chi connectivity index (χ0) is 18.9. The molecule has 9 heteroatoms. The largest absolute Gasteiger partial charge is 0.418 e. The van der Waals surface area contributed by atoms with Crippen molar-refractivity contribution in [2.75, 3.05) is 0 Å². The Labute approximate surface area is 154 Å². The lowest BCUT2D eigenvalue weighted by molar-refractivity contribution is -0.137. The van der Waals surface area contributed by atoms with Gasteiger partial charge in [-0.15, -0.1) is 0 Å². The van der Waals surface area contributed by atoms with Gasteiger partial charge >= 0.3 is 6.18 Å². The Kier molecular flexibility index (Phi) is 5.06. The van der Waals surface area contributed by atoms with Crippen LogP contribution in [0.3, 0.4) is 0 Å². The van der Waals surface area contributed by atoms with Crippen LogP contribution in [-0.2, 0) is 11.0 Å². The smallest absolute Gasteiger partial charge is 0.300 e. The van der Waals surface area contributed by atoms with E-state index in [-0.39, 0.29) is 20.8 Å². The summed E-state index contributed by atoms with van der Waals surface area (Å²) in [4.78, 5) is 16.1. The fourth-order valence-electron chi connectivity index (χ4n) is 2.17. The minimum Gasteiger partial charge on any atom is -0.300 e. The molecule has 0 unspecified atom stereocenters. The lowest BCUT2D eigenvalue weighted by Crippen LogP contribution is -2.19. The Balaban J connectivity index is 1.92. The third-order valence-corrected chi connectivity index (χ3v) is 4.43. The first-order valence-corrected chi connectivity index (χ1v) is 8.34. The second-order valence-corrected chi connectivity index (χ2v) is 6.66. The van der Waals surface area contributed by atoms with Gasteiger partial charge in [0.05, 0.1) is 16.2 Å². The van der Waals surface area contributed by atoms with Crippen molar-refractivity contribution in [2.45, 2.75) is 6.18 Å². The lowest BCUT2D eigenvalue weighted by atomic mass is 10.2. The fraction of sp³-hybridized carbons (Fsp3) is 0.0588. The third kappa shape index (κ3) is 4.25. The number of nitrogens with one attached hydrogen (secondary N) is 1. The van der Waals surface area contributed by atoms with Crippen molar-refractivity contribution in [2.24, 2.45) is 4.99 Å². The van der Waals surface area contributed by atoms with Crippen LogP contribution in [0.25, 0.3) is 6.08 Å². The topological polar surface area (TPSA) is 41.5 Å². The van der Waals surface area contributed by atoms with Crippen LogP contribution in [0.1, 0.15) is 11.1 Å². The van der Waals surface area contributed by atoms with Crippen LogP contribution in [0.2, 0.25) is 5.02 Å². The summed E-state index contributed by atoms with van der Waals surface area (Å²) in [5.74, 6) is -0.992. The van der Waals surface area contributed by atoms with Crippen molar-refractivity contribution in [3.8, 4) is 0 Å². The maximum Gasteiger partial charge on any atom is 0.418 e. The number of aliphatic imine (C=N–C) groups is 1. The molecular formula is C17H9ClF4N2OS. The van der Waals surface area contributed by atoms with E-state index in [4.69, 9.17) is 11.6 Å². The van der Waals surface area contributed by atoms with Crippen molar-refractivity contribution in [3.05, 3.63) is 69.3 Å². The molecule has 0 aromatic heterocycles. The van der Waals surface area contributed by atoms with E-state index in [2.05, 4.69) is 10.3 Å². The SMILES string of the molecule is O=C1NC(=Nc2ccc(Cl)cc2C(F)(F)F)S/C1=C/c1cccc(F)c1. The molecule has 0 spiro atoms. The van der Waals surface area contributed by atoms with E-state index in [9.17, 15) is 22.4 Å². The molecule has 26 heavy (non-hydrogen) atoms. The average molecular weight is 401 g/mol. The zero-order valence-corrected chi connectivity index (χ0v) is 14.3. The van der Waals surface area contributed by atoms with Crippen LogP contribution in [-0.4, -0.2) is 11.1 Å². The molecule has 1 saturated heterocycles. The summed E-state index contributed by atoms with van der Waals surface area (Å²) >= 11 is 6.49.